The van der Waals surface area contributed by atoms with Gasteiger partial charge in [-0.15, -0.1) is 0 Å². The Bertz CT molecular complexity index is 966. The summed E-state index contributed by atoms with van der Waals surface area (Å²) in [6.07, 6.45) is 0.751. The Morgan fingerprint density at radius 2 is 1.94 bits per heavy atom. The number of nitrogens with one attached hydrogen (secondary N) is 2. The molecule has 0 amide bonds. The molecule has 1 aromatic heterocycles. The summed E-state index contributed by atoms with van der Waals surface area (Å²) in [5.74, 6) is 0.999. The molecule has 0 spiro atoms. The summed E-state index contributed by atoms with van der Waals surface area (Å²) in [6, 6.07) is 5.86. The Kier molecular flexibility index (Phi) is 8.20. The molecule has 2 aromatic rings. The number of piperidine rings is 1. The maximum absolute atomic E-state index is 14.9. The topological polar surface area (TPSA) is 97.6 Å². The number of aliphatic hydroxyl groups excluding tert-OH is 1. The number of likely N-dealkylation sites (tertiary alicyclic amines) is 1. The summed E-state index contributed by atoms with van der Waals surface area (Å²) in [5.41, 5.74) is 3.33. The lowest BCUT2D eigenvalue weighted by Gasteiger charge is -2.36. The molecule has 33 heavy (non-hydrogen) atoms. The number of anilines is 3. The number of ether oxygens (including phenoxy) is 1. The van der Waals surface area contributed by atoms with Crippen LogP contribution < -0.4 is 15.0 Å². The summed E-state index contributed by atoms with van der Waals surface area (Å²) in [4.78, 5) is 12.7. The molecule has 0 radical (unpaired) electrons. The molecule has 180 valence electrons. The molecule has 2 aliphatic rings. The molecule has 3 N–H and O–H groups in total. The van der Waals surface area contributed by atoms with Crippen LogP contribution in [0.4, 0.5) is 21.7 Å². The second-order valence-electron chi connectivity index (χ2n) is 8.40. The number of aryl methyl sites for hydroxylation is 1. The van der Waals surface area contributed by atoms with Crippen molar-refractivity contribution in [2.45, 2.75) is 45.4 Å². The minimum absolute atomic E-state index is 0.172. The van der Waals surface area contributed by atoms with Gasteiger partial charge >= 0.3 is 6.01 Å². The highest BCUT2D eigenvalue weighted by atomic mass is 19.1. The molecule has 8 nitrogen and oxygen atoms in total. The van der Waals surface area contributed by atoms with Crippen molar-refractivity contribution in [3.8, 4) is 6.01 Å². The molecular weight excluding hydrogens is 423 g/mol. The number of aliphatic hydroxyl groups is 1. The smallest absolute Gasteiger partial charge is 0.320 e. The normalized spacial score (nSPS) is 21.0. The third-order valence-corrected chi connectivity index (χ3v) is 6.06. The maximum atomic E-state index is 14.9. The first-order chi connectivity index (χ1) is 15.9. The lowest BCUT2D eigenvalue weighted by molar-refractivity contribution is 0.139. The Balaban J connectivity index is 0.00000149. The highest BCUT2D eigenvalue weighted by Crippen LogP contribution is 2.36. The largest absolute Gasteiger partial charge is 0.467 e. The fourth-order valence-electron chi connectivity index (χ4n) is 4.29. The molecule has 2 unspecified atom stereocenters. The van der Waals surface area contributed by atoms with Gasteiger partial charge in [0.2, 0.25) is 0 Å². The van der Waals surface area contributed by atoms with Gasteiger partial charge in [-0.25, -0.2) is 4.39 Å². The molecule has 9 heteroatoms. The van der Waals surface area contributed by atoms with Crippen molar-refractivity contribution in [2.75, 3.05) is 50.6 Å². The van der Waals surface area contributed by atoms with Crippen molar-refractivity contribution in [1.29, 1.82) is 5.41 Å². The molecule has 0 saturated carbocycles. The summed E-state index contributed by atoms with van der Waals surface area (Å²) < 4.78 is 20.1. The van der Waals surface area contributed by atoms with E-state index < -0.39 is 6.17 Å². The zero-order valence-electron chi connectivity index (χ0n) is 20.1. The van der Waals surface area contributed by atoms with Crippen molar-refractivity contribution in [3.63, 3.8) is 0 Å². The number of hydrogen-bond acceptors (Lipinski definition) is 8. The number of β-amino-alcohol motifs (C(OH)–C–C–N with tert-alkyl or cyclic N) is 1. The molecule has 2 atom stereocenters. The van der Waals surface area contributed by atoms with Gasteiger partial charge < -0.3 is 30.4 Å². The van der Waals surface area contributed by atoms with Gasteiger partial charge in [0.25, 0.3) is 0 Å². The van der Waals surface area contributed by atoms with Crippen LogP contribution >= 0.6 is 0 Å². The Labute approximate surface area is 195 Å². The van der Waals surface area contributed by atoms with Gasteiger partial charge in [0.05, 0.1) is 13.2 Å². The molecule has 0 bridgehead atoms. The van der Waals surface area contributed by atoms with E-state index in [1.165, 1.54) is 13.3 Å². The molecule has 2 saturated heterocycles. The van der Waals surface area contributed by atoms with E-state index in [-0.39, 0.29) is 18.0 Å². The van der Waals surface area contributed by atoms with E-state index in [0.29, 0.717) is 42.5 Å². The van der Waals surface area contributed by atoms with Crippen LogP contribution in [0.1, 0.15) is 42.9 Å². The number of nitrogens with zero attached hydrogens (tertiary/aromatic N) is 4. The van der Waals surface area contributed by atoms with Gasteiger partial charge in [0.1, 0.15) is 17.8 Å². The lowest BCUT2D eigenvalue weighted by Crippen LogP contribution is -2.51. The van der Waals surface area contributed by atoms with Crippen molar-refractivity contribution in [1.82, 2.24) is 14.9 Å². The number of hydrogen-bond donors (Lipinski definition) is 3. The van der Waals surface area contributed by atoms with Crippen molar-refractivity contribution in [2.24, 2.45) is 0 Å². The molecular formula is C24H35FN6O2. The quantitative estimate of drug-likeness (QED) is 0.570. The predicted octanol–water partition coefficient (Wildman–Crippen LogP) is 3.50. The Morgan fingerprint density at radius 3 is 2.55 bits per heavy atom. The van der Waals surface area contributed by atoms with Gasteiger partial charge in [0.15, 0.2) is 0 Å². The summed E-state index contributed by atoms with van der Waals surface area (Å²) >= 11 is 0. The lowest BCUT2D eigenvalue weighted by atomic mass is 9.84. The number of aromatic nitrogens is 2. The van der Waals surface area contributed by atoms with E-state index in [1.54, 1.807) is 6.07 Å². The van der Waals surface area contributed by atoms with E-state index in [4.69, 9.17) is 10.1 Å². The van der Waals surface area contributed by atoms with E-state index in [2.05, 4.69) is 15.3 Å². The Hall–Kier alpha value is -2.78. The SMILES string of the molecule is CC.COc1nc(Nc2cc(C3CCN(C)CC3F)c(C)cc2C=N)cc(N2CC(O)C2)n1. The summed E-state index contributed by atoms with van der Waals surface area (Å²) in [6.45, 7) is 8.27. The average Bonchev–Trinajstić information content (AvgIpc) is 2.79. The monoisotopic (exact) mass is 458 g/mol. The number of halogens is 1. The summed E-state index contributed by atoms with van der Waals surface area (Å²) in [7, 11) is 3.44. The van der Waals surface area contributed by atoms with Gasteiger partial charge in [0, 0.05) is 49.1 Å². The van der Waals surface area contributed by atoms with Crippen LogP contribution in [0.25, 0.3) is 0 Å². The molecule has 1 aromatic carbocycles. The first kappa shape index (κ1) is 24.9. The Morgan fingerprint density at radius 1 is 1.21 bits per heavy atom. The molecule has 0 aliphatic carbocycles. The van der Waals surface area contributed by atoms with E-state index in [1.807, 2.05) is 49.8 Å². The van der Waals surface area contributed by atoms with Crippen molar-refractivity contribution < 1.29 is 14.2 Å². The number of rotatable bonds is 6. The molecule has 4 rings (SSSR count). The third kappa shape index (κ3) is 5.59. The average molecular weight is 459 g/mol. The first-order valence-corrected chi connectivity index (χ1v) is 11.5. The van der Waals surface area contributed by atoms with Gasteiger partial charge in [-0.05, 0) is 50.2 Å². The molecule has 3 heterocycles. The van der Waals surface area contributed by atoms with E-state index in [9.17, 15) is 9.50 Å². The van der Waals surface area contributed by atoms with Gasteiger partial charge in [-0.3, -0.25) is 0 Å². The van der Waals surface area contributed by atoms with Crippen LogP contribution in [0.2, 0.25) is 0 Å². The second kappa shape index (κ2) is 10.9. The third-order valence-electron chi connectivity index (χ3n) is 6.06. The number of methoxy groups -OCH3 is 1. The minimum Gasteiger partial charge on any atom is -0.467 e. The standard InChI is InChI=1S/C22H29FN6O2.C2H6/c1-13-6-14(9-24)19(7-17(13)16-4-5-28(2)12-18(16)23)25-20-8-21(27-22(26-20)31-3)29-10-15(30)11-29;1-2/h6-9,15-16,18,24,30H,4-5,10-12H2,1-3H3,(H,25,26,27);1-2H3. The fourth-order valence-corrected chi connectivity index (χ4v) is 4.29. The second-order valence-corrected chi connectivity index (χ2v) is 8.40. The van der Waals surface area contributed by atoms with Crippen molar-refractivity contribution >= 4 is 23.5 Å². The highest BCUT2D eigenvalue weighted by Gasteiger charge is 2.30. The van der Waals surface area contributed by atoms with E-state index in [0.717, 1.165) is 24.1 Å². The van der Waals surface area contributed by atoms with Crippen LogP contribution in [0.15, 0.2) is 18.2 Å². The van der Waals surface area contributed by atoms with Crippen LogP contribution in [0.3, 0.4) is 0 Å². The van der Waals surface area contributed by atoms with Crippen LogP contribution in [0.5, 0.6) is 6.01 Å². The molecule has 2 fully saturated rings. The minimum atomic E-state index is -0.931. The fraction of sp³-hybridized carbons (Fsp3) is 0.542. The number of benzene rings is 1. The highest BCUT2D eigenvalue weighted by molar-refractivity contribution is 5.88. The summed E-state index contributed by atoms with van der Waals surface area (Å²) in [5, 5.41) is 20.7. The van der Waals surface area contributed by atoms with Crippen LogP contribution in [0, 0.1) is 12.3 Å². The predicted molar refractivity (Wildman–Crippen MR) is 130 cm³/mol. The number of alkyl halides is 1. The van der Waals surface area contributed by atoms with Crippen molar-refractivity contribution in [3.05, 3.63) is 34.9 Å². The van der Waals surface area contributed by atoms with Crippen LogP contribution in [-0.4, -0.2) is 78.8 Å². The van der Waals surface area contributed by atoms with Gasteiger partial charge in [-0.2, -0.15) is 9.97 Å². The van der Waals surface area contributed by atoms with Crippen LogP contribution in [-0.2, 0) is 0 Å². The van der Waals surface area contributed by atoms with E-state index >= 15 is 0 Å². The maximum Gasteiger partial charge on any atom is 0.320 e. The van der Waals surface area contributed by atoms with Gasteiger partial charge in [-0.1, -0.05) is 13.8 Å². The first-order valence-electron chi connectivity index (χ1n) is 11.5. The zero-order chi connectivity index (χ0) is 24.1. The zero-order valence-corrected chi connectivity index (χ0v) is 20.1. The molecule has 2 aliphatic heterocycles.